The molecule has 3 atom stereocenters. The third kappa shape index (κ3) is 3.55. The quantitative estimate of drug-likeness (QED) is 0.859. The van der Waals surface area contributed by atoms with Gasteiger partial charge in [-0.15, -0.1) is 0 Å². The van der Waals surface area contributed by atoms with Gasteiger partial charge < -0.3 is 10.6 Å². The number of hydrogen-bond acceptors (Lipinski definition) is 3. The summed E-state index contributed by atoms with van der Waals surface area (Å²) in [5.41, 5.74) is 6.50. The van der Waals surface area contributed by atoms with Gasteiger partial charge in [-0.05, 0) is 77.0 Å². The van der Waals surface area contributed by atoms with E-state index in [4.69, 9.17) is 5.73 Å². The van der Waals surface area contributed by atoms with Crippen molar-refractivity contribution in [2.24, 2.45) is 23.5 Å². The molecule has 0 spiro atoms. The van der Waals surface area contributed by atoms with Crippen LogP contribution >= 0.6 is 0 Å². The van der Waals surface area contributed by atoms with Crippen LogP contribution in [-0.4, -0.2) is 55.6 Å². The molecule has 2 aliphatic rings. The summed E-state index contributed by atoms with van der Waals surface area (Å²) in [7, 11) is 4.57. The van der Waals surface area contributed by atoms with Gasteiger partial charge in [0.2, 0.25) is 0 Å². The van der Waals surface area contributed by atoms with Crippen LogP contribution in [0, 0.1) is 17.8 Å². The predicted molar refractivity (Wildman–Crippen MR) is 86.8 cm³/mol. The number of piperidine rings is 1. The van der Waals surface area contributed by atoms with E-state index in [-0.39, 0.29) is 5.54 Å². The Labute approximate surface area is 125 Å². The predicted octanol–water partition coefficient (Wildman–Crippen LogP) is 2.41. The Morgan fingerprint density at radius 1 is 1.15 bits per heavy atom. The van der Waals surface area contributed by atoms with Gasteiger partial charge in [0.25, 0.3) is 0 Å². The second-order valence-electron chi connectivity index (χ2n) is 7.75. The molecule has 1 aliphatic carbocycles. The molecule has 1 saturated carbocycles. The van der Waals surface area contributed by atoms with Crippen LogP contribution in [0.4, 0.5) is 0 Å². The van der Waals surface area contributed by atoms with Crippen molar-refractivity contribution >= 4 is 0 Å². The first-order chi connectivity index (χ1) is 9.47. The zero-order valence-corrected chi connectivity index (χ0v) is 14.1. The Balaban J connectivity index is 1.93. The van der Waals surface area contributed by atoms with Gasteiger partial charge in [0.05, 0.1) is 0 Å². The highest BCUT2D eigenvalue weighted by atomic mass is 15.2. The Kier molecular flexibility index (Phi) is 5.49. The lowest BCUT2D eigenvalue weighted by atomic mass is 9.70. The molecule has 3 nitrogen and oxygen atoms in total. The van der Waals surface area contributed by atoms with Crippen LogP contribution < -0.4 is 5.73 Å². The molecule has 0 aromatic rings. The number of rotatable bonds is 4. The van der Waals surface area contributed by atoms with Crippen LogP contribution in [0.2, 0.25) is 0 Å². The third-order valence-electron chi connectivity index (χ3n) is 6.30. The number of likely N-dealkylation sites (tertiary alicyclic amines) is 1. The SMILES string of the molecule is CC1CCC(CN)(N(C)CC2CCN(C)CC2)CC1C. The highest BCUT2D eigenvalue weighted by Gasteiger charge is 2.40. The lowest BCUT2D eigenvalue weighted by Crippen LogP contribution is -2.57. The van der Waals surface area contributed by atoms with Crippen molar-refractivity contribution in [3.05, 3.63) is 0 Å². The van der Waals surface area contributed by atoms with Gasteiger partial charge in [-0.1, -0.05) is 13.8 Å². The Morgan fingerprint density at radius 2 is 1.80 bits per heavy atom. The van der Waals surface area contributed by atoms with Crippen LogP contribution in [0.1, 0.15) is 46.0 Å². The lowest BCUT2D eigenvalue weighted by Gasteiger charge is -2.49. The zero-order valence-electron chi connectivity index (χ0n) is 14.1. The topological polar surface area (TPSA) is 32.5 Å². The standard InChI is InChI=1S/C17H35N3/c1-14-5-8-17(13-18,11-15(14)2)20(4)12-16-6-9-19(3)10-7-16/h14-16H,5-13,18H2,1-4H3. The highest BCUT2D eigenvalue weighted by Crippen LogP contribution is 2.39. The molecule has 118 valence electrons. The monoisotopic (exact) mass is 281 g/mol. The van der Waals surface area contributed by atoms with Crippen molar-refractivity contribution in [3.63, 3.8) is 0 Å². The molecule has 1 heterocycles. The maximum atomic E-state index is 6.22. The Bertz CT molecular complexity index is 299. The number of likely N-dealkylation sites (N-methyl/N-ethyl adjacent to an activating group) is 1. The summed E-state index contributed by atoms with van der Waals surface area (Å²) >= 11 is 0. The fourth-order valence-electron chi connectivity index (χ4n) is 4.20. The van der Waals surface area contributed by atoms with Crippen molar-refractivity contribution in [1.82, 2.24) is 9.80 Å². The van der Waals surface area contributed by atoms with E-state index in [1.54, 1.807) is 0 Å². The summed E-state index contributed by atoms with van der Waals surface area (Å²) in [6.07, 6.45) is 6.63. The molecule has 2 rings (SSSR count). The minimum absolute atomic E-state index is 0.273. The second kappa shape index (κ2) is 6.76. The maximum Gasteiger partial charge on any atom is 0.0331 e. The number of hydrogen-bond donors (Lipinski definition) is 1. The van der Waals surface area contributed by atoms with Crippen molar-refractivity contribution < 1.29 is 0 Å². The molecule has 0 aromatic carbocycles. The smallest absolute Gasteiger partial charge is 0.0331 e. The first-order valence-corrected chi connectivity index (χ1v) is 8.56. The van der Waals surface area contributed by atoms with Crippen LogP contribution in [0.15, 0.2) is 0 Å². The van der Waals surface area contributed by atoms with E-state index in [2.05, 4.69) is 37.7 Å². The minimum Gasteiger partial charge on any atom is -0.329 e. The first kappa shape index (κ1) is 16.3. The van der Waals surface area contributed by atoms with E-state index in [0.29, 0.717) is 0 Å². The first-order valence-electron chi connectivity index (χ1n) is 8.56. The van der Waals surface area contributed by atoms with Crippen LogP contribution in [-0.2, 0) is 0 Å². The zero-order chi connectivity index (χ0) is 14.8. The van der Waals surface area contributed by atoms with Gasteiger partial charge in [-0.25, -0.2) is 0 Å². The van der Waals surface area contributed by atoms with Gasteiger partial charge in [0, 0.05) is 18.6 Å². The Hall–Kier alpha value is -0.120. The fraction of sp³-hybridized carbons (Fsp3) is 1.00. The van der Waals surface area contributed by atoms with Gasteiger partial charge in [-0.3, -0.25) is 4.90 Å². The number of nitrogens with two attached hydrogens (primary N) is 1. The van der Waals surface area contributed by atoms with Gasteiger partial charge in [0.15, 0.2) is 0 Å². The van der Waals surface area contributed by atoms with E-state index in [9.17, 15) is 0 Å². The molecular formula is C17H35N3. The maximum absolute atomic E-state index is 6.22. The van der Waals surface area contributed by atoms with Crippen molar-refractivity contribution in [2.45, 2.75) is 51.5 Å². The van der Waals surface area contributed by atoms with E-state index in [1.165, 1.54) is 51.7 Å². The molecule has 0 amide bonds. The average Bonchev–Trinajstić information content (AvgIpc) is 2.44. The average molecular weight is 281 g/mol. The molecule has 1 saturated heterocycles. The molecule has 0 aromatic heterocycles. The highest BCUT2D eigenvalue weighted by molar-refractivity contribution is 4.97. The summed E-state index contributed by atoms with van der Waals surface area (Å²) in [4.78, 5) is 5.09. The van der Waals surface area contributed by atoms with E-state index in [1.807, 2.05) is 0 Å². The van der Waals surface area contributed by atoms with Crippen LogP contribution in [0.25, 0.3) is 0 Å². The van der Waals surface area contributed by atoms with Gasteiger partial charge >= 0.3 is 0 Å². The lowest BCUT2D eigenvalue weighted by molar-refractivity contribution is 0.0228. The van der Waals surface area contributed by atoms with E-state index < -0.39 is 0 Å². The van der Waals surface area contributed by atoms with Gasteiger partial charge in [-0.2, -0.15) is 0 Å². The molecule has 2 fully saturated rings. The normalized spacial score (nSPS) is 37.5. The molecular weight excluding hydrogens is 246 g/mol. The minimum atomic E-state index is 0.273. The van der Waals surface area contributed by atoms with E-state index in [0.717, 1.165) is 24.3 Å². The van der Waals surface area contributed by atoms with Crippen LogP contribution in [0.3, 0.4) is 0 Å². The fourth-order valence-corrected chi connectivity index (χ4v) is 4.20. The molecule has 1 aliphatic heterocycles. The molecule has 20 heavy (non-hydrogen) atoms. The Morgan fingerprint density at radius 3 is 2.35 bits per heavy atom. The summed E-state index contributed by atoms with van der Waals surface area (Å²) in [5.74, 6) is 2.55. The van der Waals surface area contributed by atoms with E-state index >= 15 is 0 Å². The molecule has 0 radical (unpaired) electrons. The summed E-state index contributed by atoms with van der Waals surface area (Å²) in [6, 6.07) is 0. The molecule has 3 unspecified atom stereocenters. The van der Waals surface area contributed by atoms with Crippen molar-refractivity contribution in [2.75, 3.05) is 40.3 Å². The van der Waals surface area contributed by atoms with Crippen molar-refractivity contribution in [3.8, 4) is 0 Å². The summed E-state index contributed by atoms with van der Waals surface area (Å²) in [5, 5.41) is 0. The van der Waals surface area contributed by atoms with Crippen molar-refractivity contribution in [1.29, 1.82) is 0 Å². The summed E-state index contributed by atoms with van der Waals surface area (Å²) < 4.78 is 0. The van der Waals surface area contributed by atoms with Crippen LogP contribution in [0.5, 0.6) is 0 Å². The molecule has 0 bridgehead atoms. The largest absolute Gasteiger partial charge is 0.329 e. The number of nitrogens with zero attached hydrogens (tertiary/aromatic N) is 2. The molecule has 3 heteroatoms. The second-order valence-corrected chi connectivity index (χ2v) is 7.75. The third-order valence-corrected chi connectivity index (χ3v) is 6.30. The van der Waals surface area contributed by atoms with Gasteiger partial charge in [0.1, 0.15) is 0 Å². The molecule has 2 N–H and O–H groups in total. The summed E-state index contributed by atoms with van der Waals surface area (Å²) in [6.45, 7) is 9.42.